The SMILES string of the molecule is Cc1cnc2c(c1)nc(C(C)Cl)n2C(C)Cc1ccco1. The Labute approximate surface area is 128 Å². The molecule has 0 saturated carbocycles. The fraction of sp³-hybridized carbons (Fsp3) is 0.375. The number of aryl methyl sites for hydroxylation is 1. The maximum Gasteiger partial charge on any atom is 0.160 e. The molecule has 0 spiro atoms. The third kappa shape index (κ3) is 2.68. The highest BCUT2D eigenvalue weighted by molar-refractivity contribution is 6.20. The summed E-state index contributed by atoms with van der Waals surface area (Å²) in [5.74, 6) is 1.80. The van der Waals surface area contributed by atoms with Gasteiger partial charge in [-0.1, -0.05) is 0 Å². The average Bonchev–Trinajstić information content (AvgIpc) is 3.04. The lowest BCUT2D eigenvalue weighted by Gasteiger charge is -2.17. The third-order valence-electron chi connectivity index (χ3n) is 3.57. The molecule has 0 aliphatic rings. The Bertz CT molecular complexity index is 746. The Hall–Kier alpha value is -1.81. The van der Waals surface area contributed by atoms with E-state index in [4.69, 9.17) is 16.0 Å². The van der Waals surface area contributed by atoms with Crippen molar-refractivity contribution in [3.05, 3.63) is 47.8 Å². The molecule has 3 aromatic rings. The van der Waals surface area contributed by atoms with E-state index in [-0.39, 0.29) is 11.4 Å². The smallest absolute Gasteiger partial charge is 0.160 e. The molecule has 3 aromatic heterocycles. The molecular formula is C16H18ClN3O. The fourth-order valence-electron chi connectivity index (χ4n) is 2.63. The van der Waals surface area contributed by atoms with Crippen molar-refractivity contribution >= 4 is 22.8 Å². The van der Waals surface area contributed by atoms with Crippen molar-refractivity contribution in [1.29, 1.82) is 0 Å². The summed E-state index contributed by atoms with van der Waals surface area (Å²) in [6, 6.07) is 6.10. The van der Waals surface area contributed by atoms with Gasteiger partial charge in [0.1, 0.15) is 17.1 Å². The van der Waals surface area contributed by atoms with Crippen LogP contribution in [0.4, 0.5) is 0 Å². The zero-order valence-corrected chi connectivity index (χ0v) is 13.1. The maximum atomic E-state index is 6.31. The van der Waals surface area contributed by atoms with E-state index in [9.17, 15) is 0 Å². The van der Waals surface area contributed by atoms with Crippen LogP contribution >= 0.6 is 11.6 Å². The highest BCUT2D eigenvalue weighted by Crippen LogP contribution is 2.28. The summed E-state index contributed by atoms with van der Waals surface area (Å²) in [4.78, 5) is 9.21. The molecule has 0 fully saturated rings. The summed E-state index contributed by atoms with van der Waals surface area (Å²) < 4.78 is 7.57. The van der Waals surface area contributed by atoms with Gasteiger partial charge in [-0.25, -0.2) is 9.97 Å². The first-order valence-corrected chi connectivity index (χ1v) is 7.51. The highest BCUT2D eigenvalue weighted by Gasteiger charge is 2.20. The van der Waals surface area contributed by atoms with Gasteiger partial charge in [0.25, 0.3) is 0 Å². The molecule has 4 nitrogen and oxygen atoms in total. The molecule has 0 aromatic carbocycles. The van der Waals surface area contributed by atoms with Gasteiger partial charge in [0.05, 0.1) is 11.6 Å². The maximum absolute atomic E-state index is 6.31. The lowest BCUT2D eigenvalue weighted by Crippen LogP contribution is -2.12. The van der Waals surface area contributed by atoms with Crippen LogP contribution in [0, 0.1) is 6.92 Å². The largest absolute Gasteiger partial charge is 0.469 e. The minimum atomic E-state index is -0.168. The van der Waals surface area contributed by atoms with Gasteiger partial charge in [0, 0.05) is 18.7 Å². The van der Waals surface area contributed by atoms with Gasteiger partial charge < -0.3 is 8.98 Å². The number of halogens is 1. The van der Waals surface area contributed by atoms with Crippen LogP contribution in [0.25, 0.3) is 11.2 Å². The van der Waals surface area contributed by atoms with Crippen LogP contribution in [0.3, 0.4) is 0 Å². The minimum absolute atomic E-state index is 0.168. The molecule has 3 heterocycles. The third-order valence-corrected chi connectivity index (χ3v) is 3.76. The molecule has 3 rings (SSSR count). The topological polar surface area (TPSA) is 43.9 Å². The Kier molecular flexibility index (Phi) is 3.72. The first-order chi connectivity index (χ1) is 10.1. The molecule has 2 unspecified atom stereocenters. The van der Waals surface area contributed by atoms with Gasteiger partial charge >= 0.3 is 0 Å². The van der Waals surface area contributed by atoms with Crippen molar-refractivity contribution in [2.45, 2.75) is 38.6 Å². The van der Waals surface area contributed by atoms with Gasteiger partial charge in [-0.2, -0.15) is 0 Å². The van der Waals surface area contributed by atoms with Crippen molar-refractivity contribution in [1.82, 2.24) is 14.5 Å². The van der Waals surface area contributed by atoms with Crippen molar-refractivity contribution in [2.75, 3.05) is 0 Å². The summed E-state index contributed by atoms with van der Waals surface area (Å²) in [5, 5.41) is -0.168. The molecule has 0 saturated heterocycles. The minimum Gasteiger partial charge on any atom is -0.469 e. The van der Waals surface area contributed by atoms with Crippen molar-refractivity contribution in [3.8, 4) is 0 Å². The van der Waals surface area contributed by atoms with Crippen LogP contribution in [0.1, 0.15) is 42.4 Å². The van der Waals surface area contributed by atoms with E-state index in [0.717, 1.165) is 34.7 Å². The molecule has 0 bridgehead atoms. The van der Waals surface area contributed by atoms with E-state index >= 15 is 0 Å². The number of fused-ring (bicyclic) bond motifs is 1. The van der Waals surface area contributed by atoms with Crippen LogP contribution in [0.2, 0.25) is 0 Å². The Balaban J connectivity index is 2.08. The molecule has 0 aliphatic carbocycles. The van der Waals surface area contributed by atoms with E-state index in [1.165, 1.54) is 0 Å². The average molecular weight is 304 g/mol. The quantitative estimate of drug-likeness (QED) is 0.669. The second kappa shape index (κ2) is 5.53. The van der Waals surface area contributed by atoms with Gasteiger partial charge in [0.15, 0.2) is 5.65 Å². The zero-order valence-electron chi connectivity index (χ0n) is 12.4. The fourth-order valence-corrected chi connectivity index (χ4v) is 2.78. The Morgan fingerprint density at radius 1 is 1.38 bits per heavy atom. The number of imidazole rings is 1. The van der Waals surface area contributed by atoms with E-state index in [2.05, 4.69) is 21.5 Å². The van der Waals surface area contributed by atoms with Crippen LogP contribution in [-0.2, 0) is 6.42 Å². The van der Waals surface area contributed by atoms with Crippen molar-refractivity contribution in [3.63, 3.8) is 0 Å². The van der Waals surface area contributed by atoms with Crippen molar-refractivity contribution in [2.24, 2.45) is 0 Å². The van der Waals surface area contributed by atoms with Crippen LogP contribution in [0.5, 0.6) is 0 Å². The molecule has 0 aliphatic heterocycles. The number of hydrogen-bond acceptors (Lipinski definition) is 3. The normalized spacial score (nSPS) is 14.5. The Morgan fingerprint density at radius 2 is 2.19 bits per heavy atom. The van der Waals surface area contributed by atoms with Gasteiger partial charge in [-0.15, -0.1) is 11.6 Å². The van der Waals surface area contributed by atoms with Crippen LogP contribution in [0.15, 0.2) is 35.1 Å². The predicted molar refractivity (Wildman–Crippen MR) is 83.7 cm³/mol. The number of pyridine rings is 1. The number of hydrogen-bond donors (Lipinski definition) is 0. The molecule has 21 heavy (non-hydrogen) atoms. The van der Waals surface area contributed by atoms with E-state index < -0.39 is 0 Å². The van der Waals surface area contributed by atoms with Crippen LogP contribution in [-0.4, -0.2) is 14.5 Å². The standard InChI is InChI=1S/C16H18ClN3O/c1-10-7-14-16(18-9-10)20(15(19-14)12(3)17)11(2)8-13-5-4-6-21-13/h4-7,9,11-12H,8H2,1-3H3. The lowest BCUT2D eigenvalue weighted by atomic mass is 10.2. The number of rotatable bonds is 4. The Morgan fingerprint density at radius 3 is 2.86 bits per heavy atom. The summed E-state index contributed by atoms with van der Waals surface area (Å²) in [7, 11) is 0. The molecule has 110 valence electrons. The molecular weight excluding hydrogens is 286 g/mol. The molecule has 0 amide bonds. The van der Waals surface area contributed by atoms with E-state index in [0.29, 0.717) is 0 Å². The molecule has 5 heteroatoms. The van der Waals surface area contributed by atoms with Gasteiger partial charge in [-0.3, -0.25) is 0 Å². The highest BCUT2D eigenvalue weighted by atomic mass is 35.5. The summed E-state index contributed by atoms with van der Waals surface area (Å²) in [6.45, 7) is 6.08. The zero-order chi connectivity index (χ0) is 15.0. The van der Waals surface area contributed by atoms with Crippen molar-refractivity contribution < 1.29 is 4.42 Å². The molecule has 0 radical (unpaired) electrons. The first kappa shape index (κ1) is 14.1. The van der Waals surface area contributed by atoms with Gasteiger partial charge in [-0.05, 0) is 44.5 Å². The lowest BCUT2D eigenvalue weighted by molar-refractivity contribution is 0.445. The monoisotopic (exact) mass is 303 g/mol. The number of aromatic nitrogens is 3. The second-order valence-electron chi connectivity index (χ2n) is 5.44. The predicted octanol–water partition coefficient (Wildman–Crippen LogP) is 4.44. The summed E-state index contributed by atoms with van der Waals surface area (Å²) in [6.07, 6.45) is 4.34. The summed E-state index contributed by atoms with van der Waals surface area (Å²) >= 11 is 6.31. The number of alkyl halides is 1. The van der Waals surface area contributed by atoms with Crippen LogP contribution < -0.4 is 0 Å². The number of furan rings is 1. The molecule has 2 atom stereocenters. The van der Waals surface area contributed by atoms with E-state index in [1.54, 1.807) is 6.26 Å². The summed E-state index contributed by atoms with van der Waals surface area (Å²) in [5.41, 5.74) is 2.87. The number of nitrogens with zero attached hydrogens (tertiary/aromatic N) is 3. The molecule has 0 N–H and O–H groups in total. The first-order valence-electron chi connectivity index (χ1n) is 7.07. The van der Waals surface area contributed by atoms with Gasteiger partial charge in [0.2, 0.25) is 0 Å². The van der Waals surface area contributed by atoms with E-state index in [1.807, 2.05) is 38.2 Å². The second-order valence-corrected chi connectivity index (χ2v) is 6.10.